The van der Waals surface area contributed by atoms with Gasteiger partial charge in [0, 0.05) is 26.3 Å². The van der Waals surface area contributed by atoms with Gasteiger partial charge in [-0.15, -0.1) is 0 Å². The molecule has 0 radical (unpaired) electrons. The van der Waals surface area contributed by atoms with Crippen LogP contribution in [0, 0.1) is 0 Å². The fourth-order valence-electron chi connectivity index (χ4n) is 1.94. The summed E-state index contributed by atoms with van der Waals surface area (Å²) in [7, 11) is 0. The van der Waals surface area contributed by atoms with Crippen LogP contribution in [0.15, 0.2) is 0 Å². The maximum absolute atomic E-state index is 11.7. The summed E-state index contributed by atoms with van der Waals surface area (Å²) in [5, 5.41) is 11.6. The molecular formula is C12H24N2O3. The summed E-state index contributed by atoms with van der Waals surface area (Å²) in [6, 6.07) is 0. The minimum atomic E-state index is 0.0419. The van der Waals surface area contributed by atoms with E-state index < -0.39 is 0 Å². The number of carbonyl (C=O) groups excluding carboxylic acids is 1. The summed E-state index contributed by atoms with van der Waals surface area (Å²) in [5.41, 5.74) is 0. The van der Waals surface area contributed by atoms with Crippen LogP contribution in [0.25, 0.3) is 0 Å². The van der Waals surface area contributed by atoms with Gasteiger partial charge in [-0.05, 0) is 25.8 Å². The van der Waals surface area contributed by atoms with Gasteiger partial charge >= 0.3 is 0 Å². The van der Waals surface area contributed by atoms with Gasteiger partial charge in [-0.1, -0.05) is 6.92 Å². The molecule has 1 heterocycles. The minimum Gasteiger partial charge on any atom is -0.396 e. The monoisotopic (exact) mass is 244 g/mol. The number of nitrogens with one attached hydrogen (secondary N) is 1. The maximum atomic E-state index is 11.7. The lowest BCUT2D eigenvalue weighted by atomic mass is 10.2. The molecule has 5 nitrogen and oxygen atoms in total. The van der Waals surface area contributed by atoms with Gasteiger partial charge in [0.05, 0.1) is 12.6 Å². The summed E-state index contributed by atoms with van der Waals surface area (Å²) >= 11 is 0. The molecule has 0 aromatic heterocycles. The third-order valence-corrected chi connectivity index (χ3v) is 3.00. The zero-order valence-corrected chi connectivity index (χ0v) is 10.7. The number of carbonyl (C=O) groups is 1. The number of hydrogen-bond acceptors (Lipinski definition) is 4. The van der Waals surface area contributed by atoms with E-state index in [1.54, 1.807) is 0 Å². The van der Waals surface area contributed by atoms with Gasteiger partial charge in [0.15, 0.2) is 0 Å². The van der Waals surface area contributed by atoms with Crippen molar-refractivity contribution >= 4 is 5.91 Å². The van der Waals surface area contributed by atoms with Crippen LogP contribution in [0.2, 0.25) is 0 Å². The topological polar surface area (TPSA) is 61.8 Å². The molecule has 0 bridgehead atoms. The first-order valence-electron chi connectivity index (χ1n) is 6.47. The Morgan fingerprint density at radius 3 is 3.00 bits per heavy atom. The second-order valence-corrected chi connectivity index (χ2v) is 4.39. The molecule has 0 aromatic rings. The highest BCUT2D eigenvalue weighted by Crippen LogP contribution is 2.10. The number of likely N-dealkylation sites (N-methyl/N-ethyl adjacent to an activating group) is 1. The molecule has 0 spiro atoms. The molecule has 1 rings (SSSR count). The van der Waals surface area contributed by atoms with Gasteiger partial charge in [-0.2, -0.15) is 0 Å². The Kier molecular flexibility index (Phi) is 7.16. The standard InChI is InChI=1S/C12H24N2O3/c1-2-14(6-4-7-15)10-12(16)13-9-11-5-3-8-17-11/h11,15H,2-10H2,1H3,(H,13,16). The predicted molar refractivity (Wildman–Crippen MR) is 65.8 cm³/mol. The molecule has 100 valence electrons. The van der Waals surface area contributed by atoms with Crippen molar-refractivity contribution in [3.63, 3.8) is 0 Å². The van der Waals surface area contributed by atoms with Crippen molar-refractivity contribution in [2.75, 3.05) is 39.4 Å². The Bertz CT molecular complexity index is 218. The van der Waals surface area contributed by atoms with E-state index >= 15 is 0 Å². The van der Waals surface area contributed by atoms with E-state index in [1.807, 2.05) is 11.8 Å². The Labute approximate surface area is 103 Å². The fraction of sp³-hybridized carbons (Fsp3) is 0.917. The smallest absolute Gasteiger partial charge is 0.234 e. The highest BCUT2D eigenvalue weighted by atomic mass is 16.5. The van der Waals surface area contributed by atoms with Crippen molar-refractivity contribution < 1.29 is 14.6 Å². The van der Waals surface area contributed by atoms with Crippen molar-refractivity contribution in [1.82, 2.24) is 10.2 Å². The van der Waals surface area contributed by atoms with Crippen LogP contribution in [-0.4, -0.2) is 61.4 Å². The number of nitrogens with zero attached hydrogens (tertiary/aromatic N) is 1. The van der Waals surface area contributed by atoms with Gasteiger partial charge in [-0.3, -0.25) is 9.69 Å². The van der Waals surface area contributed by atoms with E-state index in [0.29, 0.717) is 19.5 Å². The zero-order chi connectivity index (χ0) is 12.5. The van der Waals surface area contributed by atoms with Crippen molar-refractivity contribution in [1.29, 1.82) is 0 Å². The molecule has 1 aliphatic rings. The highest BCUT2D eigenvalue weighted by Gasteiger charge is 2.16. The molecule has 2 N–H and O–H groups in total. The van der Waals surface area contributed by atoms with Gasteiger partial charge in [-0.25, -0.2) is 0 Å². The summed E-state index contributed by atoms with van der Waals surface area (Å²) in [4.78, 5) is 13.7. The summed E-state index contributed by atoms with van der Waals surface area (Å²) < 4.78 is 5.44. The van der Waals surface area contributed by atoms with E-state index in [2.05, 4.69) is 5.32 Å². The number of ether oxygens (including phenoxy) is 1. The summed E-state index contributed by atoms with van der Waals surface area (Å²) in [6.45, 7) is 5.63. The van der Waals surface area contributed by atoms with Crippen LogP contribution >= 0.6 is 0 Å². The molecule has 0 aromatic carbocycles. The van der Waals surface area contributed by atoms with Gasteiger partial charge in [0.25, 0.3) is 0 Å². The molecule has 0 saturated carbocycles. The van der Waals surface area contributed by atoms with Crippen molar-refractivity contribution in [3.05, 3.63) is 0 Å². The third kappa shape index (κ3) is 6.00. The SMILES string of the molecule is CCN(CCCO)CC(=O)NCC1CCCO1. The highest BCUT2D eigenvalue weighted by molar-refractivity contribution is 5.78. The number of aliphatic hydroxyl groups excluding tert-OH is 1. The van der Waals surface area contributed by atoms with Gasteiger partial charge < -0.3 is 15.2 Å². The van der Waals surface area contributed by atoms with E-state index in [1.165, 1.54) is 0 Å². The Hall–Kier alpha value is -0.650. The molecule has 17 heavy (non-hydrogen) atoms. The average Bonchev–Trinajstić information content (AvgIpc) is 2.85. The number of amides is 1. The molecule has 1 amide bonds. The van der Waals surface area contributed by atoms with E-state index in [4.69, 9.17) is 9.84 Å². The van der Waals surface area contributed by atoms with E-state index in [0.717, 1.165) is 32.5 Å². The third-order valence-electron chi connectivity index (χ3n) is 3.00. The Balaban J connectivity index is 2.12. The minimum absolute atomic E-state index is 0.0419. The quantitative estimate of drug-likeness (QED) is 0.630. The van der Waals surface area contributed by atoms with Crippen molar-refractivity contribution in [2.45, 2.75) is 32.3 Å². The first kappa shape index (κ1) is 14.4. The average molecular weight is 244 g/mol. The number of hydrogen-bond donors (Lipinski definition) is 2. The largest absolute Gasteiger partial charge is 0.396 e. The van der Waals surface area contributed by atoms with Crippen LogP contribution in [0.1, 0.15) is 26.2 Å². The first-order chi connectivity index (χ1) is 8.26. The van der Waals surface area contributed by atoms with Crippen molar-refractivity contribution in [3.8, 4) is 0 Å². The molecule has 1 aliphatic heterocycles. The lowest BCUT2D eigenvalue weighted by Gasteiger charge is -2.19. The van der Waals surface area contributed by atoms with E-state index in [-0.39, 0.29) is 18.6 Å². The zero-order valence-electron chi connectivity index (χ0n) is 10.7. The molecule has 1 saturated heterocycles. The van der Waals surface area contributed by atoms with Crippen LogP contribution in [0.4, 0.5) is 0 Å². The molecule has 1 atom stereocenters. The summed E-state index contributed by atoms with van der Waals surface area (Å²) in [6.07, 6.45) is 3.05. The van der Waals surface area contributed by atoms with Crippen molar-refractivity contribution in [2.24, 2.45) is 0 Å². The molecule has 1 fully saturated rings. The first-order valence-corrected chi connectivity index (χ1v) is 6.47. The molecule has 5 heteroatoms. The second-order valence-electron chi connectivity index (χ2n) is 4.39. The lowest BCUT2D eigenvalue weighted by molar-refractivity contribution is -0.122. The second kappa shape index (κ2) is 8.44. The number of aliphatic hydroxyl groups is 1. The molecule has 1 unspecified atom stereocenters. The number of rotatable bonds is 8. The Morgan fingerprint density at radius 2 is 2.41 bits per heavy atom. The van der Waals surface area contributed by atoms with E-state index in [9.17, 15) is 4.79 Å². The predicted octanol–water partition coefficient (Wildman–Crippen LogP) is -0.0141. The van der Waals surface area contributed by atoms with Gasteiger partial charge in [0.1, 0.15) is 0 Å². The van der Waals surface area contributed by atoms with Crippen LogP contribution in [-0.2, 0) is 9.53 Å². The van der Waals surface area contributed by atoms with Gasteiger partial charge in [0.2, 0.25) is 5.91 Å². The fourth-order valence-corrected chi connectivity index (χ4v) is 1.94. The normalized spacial score (nSPS) is 19.8. The summed E-state index contributed by atoms with van der Waals surface area (Å²) in [5.74, 6) is 0.0419. The molecule has 0 aliphatic carbocycles. The maximum Gasteiger partial charge on any atom is 0.234 e. The van der Waals surface area contributed by atoms with Crippen LogP contribution in [0.3, 0.4) is 0 Å². The Morgan fingerprint density at radius 1 is 1.59 bits per heavy atom. The molecular weight excluding hydrogens is 220 g/mol. The van der Waals surface area contributed by atoms with Crippen LogP contribution < -0.4 is 5.32 Å². The lowest BCUT2D eigenvalue weighted by Crippen LogP contribution is -2.40. The van der Waals surface area contributed by atoms with Crippen LogP contribution in [0.5, 0.6) is 0 Å².